The van der Waals surface area contributed by atoms with Crippen LogP contribution in [0.4, 0.5) is 5.69 Å². The van der Waals surface area contributed by atoms with Gasteiger partial charge in [0.05, 0.1) is 11.8 Å². The molecule has 0 atom stereocenters. The Kier molecular flexibility index (Phi) is 12.6. The molecule has 0 bridgehead atoms. The van der Waals surface area contributed by atoms with Gasteiger partial charge in [0, 0.05) is 84.1 Å². The summed E-state index contributed by atoms with van der Waals surface area (Å²) in [5.41, 5.74) is 9.07. The maximum atomic E-state index is 11.0. The average Bonchev–Trinajstić information content (AvgIpc) is 2.76. The largest absolute Gasteiger partial charge is 0.358 e. The van der Waals surface area contributed by atoms with Crippen LogP contribution in [0.2, 0.25) is 0 Å². The molecule has 2 radical (unpaired) electrons. The summed E-state index contributed by atoms with van der Waals surface area (Å²) in [7, 11) is 0.189. The molecule has 2 heterocycles. The smallest absolute Gasteiger partial charge is 0.160 e. The van der Waals surface area contributed by atoms with Gasteiger partial charge in [0.15, 0.2) is 8.46 Å². The Morgan fingerprint density at radius 2 is 1.82 bits per heavy atom. The zero-order valence-electron chi connectivity index (χ0n) is 14.0. The van der Waals surface area contributed by atoms with E-state index in [1.807, 2.05) is 0 Å². The average molecular weight is 468 g/mol. The number of hydrogen-bond donors (Lipinski definition) is 1. The Hall–Kier alpha value is 1.16. The van der Waals surface area contributed by atoms with E-state index in [1.54, 1.807) is 0 Å². The van der Waals surface area contributed by atoms with Crippen LogP contribution in [0.1, 0.15) is 34.7 Å². The van der Waals surface area contributed by atoms with Crippen molar-refractivity contribution in [2.45, 2.75) is 39.4 Å². The molecule has 0 saturated heterocycles. The summed E-state index contributed by atoms with van der Waals surface area (Å²) in [4.78, 5) is 4.69. The second-order valence-electron chi connectivity index (χ2n) is 5.13. The van der Waals surface area contributed by atoms with Crippen LogP contribution in [0.25, 0.3) is 0 Å². The molecule has 1 N–H and O–H groups in total. The number of nitrogens with zero attached hydrogens (tertiary/aromatic N) is 1. The monoisotopic (exact) mass is 468 g/mol. The zero-order valence-corrected chi connectivity index (χ0v) is 20.6. The molecule has 22 heavy (non-hydrogen) atoms. The second-order valence-corrected chi connectivity index (χ2v) is 5.70. The summed E-state index contributed by atoms with van der Waals surface area (Å²) in [5, 5.41) is 3.45. The van der Waals surface area contributed by atoms with E-state index in [0.29, 0.717) is 6.16 Å². The van der Waals surface area contributed by atoms with Gasteiger partial charge in [-0.1, -0.05) is 0 Å². The van der Waals surface area contributed by atoms with Gasteiger partial charge in [0.25, 0.3) is 0 Å². The maximum Gasteiger partial charge on any atom is 0.160 e. The van der Waals surface area contributed by atoms with Crippen LogP contribution in [0, 0.1) is 21.8 Å². The number of hydrogen-bond acceptors (Lipinski definition) is 3. The molecule has 116 valence electrons. The van der Waals surface area contributed by atoms with Crippen LogP contribution in [0.15, 0.2) is 4.99 Å². The minimum atomic E-state index is 0. The van der Waals surface area contributed by atoms with Gasteiger partial charge in [-0.15, -0.1) is 0 Å². The van der Waals surface area contributed by atoms with E-state index >= 15 is 0 Å². The number of aliphatic imine (C=N–C) groups is 1. The molecule has 1 aromatic carbocycles. The van der Waals surface area contributed by atoms with Crippen molar-refractivity contribution in [1.82, 2.24) is 5.32 Å². The number of fused-ring (bicyclic) bond motifs is 3. The fraction of sp³-hybridized carbons (Fsp3) is 0.438. The van der Waals surface area contributed by atoms with E-state index < -0.39 is 0 Å². The second kappa shape index (κ2) is 10.9. The predicted molar refractivity (Wildman–Crippen MR) is 87.2 cm³/mol. The van der Waals surface area contributed by atoms with E-state index in [9.17, 15) is 4.57 Å². The van der Waals surface area contributed by atoms with Crippen LogP contribution in [0.5, 0.6) is 0 Å². The van der Waals surface area contributed by atoms with Crippen LogP contribution in [-0.2, 0) is 95.5 Å². The standard InChI is InChI=1S/C14H17N2OP.2CH3.2Y/c1-8-5-11-12-6-15-4-3-10(12)9(2)13(7-18-17)14(11)16-8;;;;/h15H,3-7H2,1-2H3;2*1H3;;/q;2*-1;;. The third kappa shape index (κ3) is 4.62. The van der Waals surface area contributed by atoms with Crippen molar-refractivity contribution >= 4 is 19.9 Å². The number of rotatable bonds is 2. The first kappa shape index (κ1) is 25.4. The van der Waals surface area contributed by atoms with Crippen LogP contribution < -0.4 is 5.32 Å². The van der Waals surface area contributed by atoms with Crippen LogP contribution in [-0.4, -0.2) is 12.3 Å². The van der Waals surface area contributed by atoms with E-state index in [0.717, 1.165) is 31.6 Å². The third-order valence-electron chi connectivity index (χ3n) is 4.02. The summed E-state index contributed by atoms with van der Waals surface area (Å²) in [6.45, 7) is 6.24. The molecule has 0 aliphatic carbocycles. The van der Waals surface area contributed by atoms with E-state index in [2.05, 4.69) is 24.2 Å². The molecule has 0 aromatic heterocycles. The van der Waals surface area contributed by atoms with Crippen molar-refractivity contribution in [1.29, 1.82) is 0 Å². The van der Waals surface area contributed by atoms with Crippen molar-refractivity contribution in [3.8, 4) is 0 Å². The first-order valence-corrected chi connectivity index (χ1v) is 7.42. The molecule has 3 rings (SSSR count). The minimum Gasteiger partial charge on any atom is -0.358 e. The van der Waals surface area contributed by atoms with Crippen molar-refractivity contribution < 1.29 is 70.0 Å². The Balaban J connectivity index is 0. The van der Waals surface area contributed by atoms with Gasteiger partial charge in [0.2, 0.25) is 0 Å². The van der Waals surface area contributed by atoms with Crippen molar-refractivity contribution in [2.75, 3.05) is 6.54 Å². The van der Waals surface area contributed by atoms with Gasteiger partial charge in [-0.05, 0) is 54.6 Å². The maximum absolute atomic E-state index is 11.0. The third-order valence-corrected chi connectivity index (χ3v) is 4.46. The summed E-state index contributed by atoms with van der Waals surface area (Å²) in [6.07, 6.45) is 2.63. The predicted octanol–water partition coefficient (Wildman–Crippen LogP) is 3.98. The minimum absolute atomic E-state index is 0. The molecule has 0 spiro atoms. The normalized spacial score (nSPS) is 14.4. The fourth-order valence-corrected chi connectivity index (χ4v) is 3.66. The van der Waals surface area contributed by atoms with E-state index in [-0.39, 0.29) is 88.7 Å². The van der Waals surface area contributed by atoms with Crippen molar-refractivity contribution in [3.05, 3.63) is 42.7 Å². The van der Waals surface area contributed by atoms with Crippen LogP contribution in [0.3, 0.4) is 0 Å². The Morgan fingerprint density at radius 3 is 2.45 bits per heavy atom. The quantitative estimate of drug-likeness (QED) is 0.528. The van der Waals surface area contributed by atoms with Gasteiger partial charge in [-0.2, -0.15) is 0 Å². The molecule has 0 saturated carbocycles. The van der Waals surface area contributed by atoms with Gasteiger partial charge >= 0.3 is 0 Å². The first-order chi connectivity index (χ1) is 8.72. The van der Waals surface area contributed by atoms with Crippen molar-refractivity contribution in [3.63, 3.8) is 0 Å². The van der Waals surface area contributed by atoms with Crippen LogP contribution >= 0.6 is 8.46 Å². The molecule has 1 aromatic rings. The molecule has 0 fully saturated rings. The van der Waals surface area contributed by atoms with Crippen molar-refractivity contribution in [2.24, 2.45) is 4.99 Å². The summed E-state index contributed by atoms with van der Waals surface area (Å²) >= 11 is 0. The number of benzene rings is 1. The molecular weight excluding hydrogens is 445 g/mol. The summed E-state index contributed by atoms with van der Waals surface area (Å²) < 4.78 is 11.0. The van der Waals surface area contributed by atoms with Gasteiger partial charge < -0.3 is 20.2 Å². The molecule has 0 amide bonds. The summed E-state index contributed by atoms with van der Waals surface area (Å²) in [5.74, 6) is 0. The molecular formula is C16H23N2OPY2-2. The fourth-order valence-electron chi connectivity index (χ4n) is 3.14. The molecule has 6 heteroatoms. The Morgan fingerprint density at radius 1 is 1.14 bits per heavy atom. The number of nitrogens with one attached hydrogen (secondary N) is 1. The molecule has 2 aliphatic heterocycles. The zero-order chi connectivity index (χ0) is 12.7. The van der Waals surface area contributed by atoms with E-state index in [4.69, 9.17) is 0 Å². The van der Waals surface area contributed by atoms with E-state index in [1.165, 1.54) is 33.5 Å². The molecule has 2 aliphatic rings. The summed E-state index contributed by atoms with van der Waals surface area (Å²) in [6, 6.07) is 0. The molecule has 3 nitrogen and oxygen atoms in total. The SMILES string of the molecule is CC1=Nc2c(CP=O)c(C)c3c(c2C1)CNCC3.[CH3-].[CH3-].[Y].[Y]. The topological polar surface area (TPSA) is 41.5 Å². The Bertz CT molecular complexity index is 574. The Labute approximate surface area is 186 Å². The first-order valence-electron chi connectivity index (χ1n) is 6.42. The van der Waals surface area contributed by atoms with Gasteiger partial charge in [-0.3, -0.25) is 9.56 Å². The van der Waals surface area contributed by atoms with Gasteiger partial charge in [-0.25, -0.2) is 0 Å². The molecule has 0 unspecified atom stereocenters. The van der Waals surface area contributed by atoms with Gasteiger partial charge in [0.1, 0.15) is 0 Å².